The zero-order valence-electron chi connectivity index (χ0n) is 14.2. The molecule has 1 saturated heterocycles. The molecule has 0 saturated carbocycles. The number of carbonyl (C=O) groups is 2. The molecule has 1 heterocycles. The lowest BCUT2D eigenvalue weighted by molar-refractivity contribution is -0.128. The van der Waals surface area contributed by atoms with Gasteiger partial charge in [-0.2, -0.15) is 0 Å². The number of hydrogen-bond donors (Lipinski definition) is 2. The average molecular weight is 337 g/mol. The molecule has 1 aliphatic rings. The van der Waals surface area contributed by atoms with Crippen molar-refractivity contribution in [3.8, 4) is 0 Å². The highest BCUT2D eigenvalue weighted by atomic mass is 16.2. The standard InChI is InChI=1S/C20H23N3O2/c21-20(25)19(15-7-2-1-3-8-15)22-13-16-9-4-5-10-17(16)14-23-12-6-11-18(23)24/h1-5,7-10,19,22H,6,11-14H2,(H2,21,25)/t19-/m1/s1. The normalized spacial score (nSPS) is 15.4. The zero-order chi connectivity index (χ0) is 17.6. The number of likely N-dealkylation sites (tertiary alicyclic amines) is 1. The first-order valence-electron chi connectivity index (χ1n) is 8.57. The summed E-state index contributed by atoms with van der Waals surface area (Å²) in [6.45, 7) is 1.94. The number of rotatable bonds is 7. The van der Waals surface area contributed by atoms with E-state index in [4.69, 9.17) is 5.73 Å². The van der Waals surface area contributed by atoms with Gasteiger partial charge in [0.2, 0.25) is 11.8 Å². The summed E-state index contributed by atoms with van der Waals surface area (Å²) in [5.41, 5.74) is 8.59. The van der Waals surface area contributed by atoms with E-state index in [-0.39, 0.29) is 5.91 Å². The van der Waals surface area contributed by atoms with Crippen molar-refractivity contribution in [3.63, 3.8) is 0 Å². The number of nitrogens with two attached hydrogens (primary N) is 1. The summed E-state index contributed by atoms with van der Waals surface area (Å²) >= 11 is 0. The van der Waals surface area contributed by atoms with Crippen LogP contribution < -0.4 is 11.1 Å². The van der Waals surface area contributed by atoms with Crippen LogP contribution >= 0.6 is 0 Å². The highest BCUT2D eigenvalue weighted by Crippen LogP contribution is 2.19. The number of amides is 2. The van der Waals surface area contributed by atoms with E-state index in [0.29, 0.717) is 19.5 Å². The average Bonchev–Trinajstić information content (AvgIpc) is 3.02. The van der Waals surface area contributed by atoms with Gasteiger partial charge in [-0.1, -0.05) is 54.6 Å². The maximum atomic E-state index is 11.9. The van der Waals surface area contributed by atoms with Gasteiger partial charge in [-0.3, -0.25) is 14.9 Å². The van der Waals surface area contributed by atoms with Crippen LogP contribution in [-0.4, -0.2) is 23.3 Å². The van der Waals surface area contributed by atoms with Crippen LogP contribution in [0.15, 0.2) is 54.6 Å². The molecular formula is C20H23N3O2. The van der Waals surface area contributed by atoms with Crippen molar-refractivity contribution in [2.24, 2.45) is 5.73 Å². The molecule has 5 heteroatoms. The van der Waals surface area contributed by atoms with Crippen molar-refractivity contribution < 1.29 is 9.59 Å². The van der Waals surface area contributed by atoms with Gasteiger partial charge >= 0.3 is 0 Å². The third kappa shape index (κ3) is 4.25. The lowest BCUT2D eigenvalue weighted by atomic mass is 10.0. The maximum Gasteiger partial charge on any atom is 0.239 e. The Hall–Kier alpha value is -2.66. The third-order valence-corrected chi connectivity index (χ3v) is 4.57. The van der Waals surface area contributed by atoms with Crippen LogP contribution in [0.3, 0.4) is 0 Å². The first-order valence-corrected chi connectivity index (χ1v) is 8.57. The van der Waals surface area contributed by atoms with Gasteiger partial charge in [-0.15, -0.1) is 0 Å². The van der Waals surface area contributed by atoms with E-state index in [1.807, 2.05) is 59.5 Å². The summed E-state index contributed by atoms with van der Waals surface area (Å²) in [5, 5.41) is 3.25. The number of benzene rings is 2. The molecule has 3 rings (SSSR count). The van der Waals surface area contributed by atoms with Crippen LogP contribution in [0.25, 0.3) is 0 Å². The Morgan fingerprint density at radius 3 is 2.40 bits per heavy atom. The van der Waals surface area contributed by atoms with Gasteiger partial charge in [0.05, 0.1) is 0 Å². The predicted molar refractivity (Wildman–Crippen MR) is 96.3 cm³/mol. The monoisotopic (exact) mass is 337 g/mol. The Labute approximate surface area is 147 Å². The number of primary amides is 1. The highest BCUT2D eigenvalue weighted by molar-refractivity contribution is 5.81. The van der Waals surface area contributed by atoms with E-state index in [1.165, 1.54) is 0 Å². The lowest BCUT2D eigenvalue weighted by Crippen LogP contribution is -2.33. The summed E-state index contributed by atoms with van der Waals surface area (Å²) in [6.07, 6.45) is 1.56. The zero-order valence-corrected chi connectivity index (χ0v) is 14.2. The summed E-state index contributed by atoms with van der Waals surface area (Å²) in [5.74, 6) is -0.194. The minimum Gasteiger partial charge on any atom is -0.368 e. The molecule has 0 aliphatic carbocycles. The Morgan fingerprint density at radius 2 is 1.76 bits per heavy atom. The largest absolute Gasteiger partial charge is 0.368 e. The molecule has 1 aliphatic heterocycles. The highest BCUT2D eigenvalue weighted by Gasteiger charge is 2.21. The van der Waals surface area contributed by atoms with Crippen molar-refractivity contribution >= 4 is 11.8 Å². The van der Waals surface area contributed by atoms with E-state index in [0.717, 1.165) is 29.7 Å². The smallest absolute Gasteiger partial charge is 0.239 e. The summed E-state index contributed by atoms with van der Waals surface area (Å²) in [4.78, 5) is 25.6. The molecule has 0 aromatic heterocycles. The number of nitrogens with zero attached hydrogens (tertiary/aromatic N) is 1. The SMILES string of the molecule is NC(=O)[C@H](NCc1ccccc1CN1CCCC1=O)c1ccccc1. The Balaban J connectivity index is 1.72. The second-order valence-electron chi connectivity index (χ2n) is 6.31. The van der Waals surface area contributed by atoms with E-state index in [1.54, 1.807) is 0 Å². The maximum absolute atomic E-state index is 11.9. The first kappa shape index (κ1) is 17.2. The van der Waals surface area contributed by atoms with Crippen LogP contribution in [0.5, 0.6) is 0 Å². The van der Waals surface area contributed by atoms with Gasteiger partial charge in [0.1, 0.15) is 6.04 Å². The fourth-order valence-corrected chi connectivity index (χ4v) is 3.20. The molecule has 0 radical (unpaired) electrons. The minimum absolute atomic E-state index is 0.210. The minimum atomic E-state index is -0.539. The third-order valence-electron chi connectivity index (χ3n) is 4.57. The van der Waals surface area contributed by atoms with Gasteiger partial charge in [0, 0.05) is 26.1 Å². The number of hydrogen-bond acceptors (Lipinski definition) is 3. The van der Waals surface area contributed by atoms with Crippen LogP contribution in [-0.2, 0) is 22.7 Å². The second-order valence-corrected chi connectivity index (χ2v) is 6.31. The molecule has 1 fully saturated rings. The molecule has 0 unspecified atom stereocenters. The molecule has 2 aromatic rings. The van der Waals surface area contributed by atoms with Crippen molar-refractivity contribution in [2.45, 2.75) is 32.0 Å². The van der Waals surface area contributed by atoms with E-state index >= 15 is 0 Å². The van der Waals surface area contributed by atoms with Crippen molar-refractivity contribution in [3.05, 3.63) is 71.3 Å². The van der Waals surface area contributed by atoms with Gasteiger partial charge < -0.3 is 10.6 Å². The lowest BCUT2D eigenvalue weighted by Gasteiger charge is -2.20. The molecule has 25 heavy (non-hydrogen) atoms. The van der Waals surface area contributed by atoms with Crippen LogP contribution in [0.4, 0.5) is 0 Å². The molecule has 1 atom stereocenters. The van der Waals surface area contributed by atoms with Gasteiger partial charge in [-0.05, 0) is 23.1 Å². The summed E-state index contributed by atoms with van der Waals surface area (Å²) in [6, 6.07) is 16.9. The molecule has 3 N–H and O–H groups in total. The van der Waals surface area contributed by atoms with Crippen molar-refractivity contribution in [1.29, 1.82) is 0 Å². The van der Waals surface area contributed by atoms with Crippen LogP contribution in [0.1, 0.15) is 35.6 Å². The molecule has 0 bridgehead atoms. The fourth-order valence-electron chi connectivity index (χ4n) is 3.20. The van der Waals surface area contributed by atoms with Crippen LogP contribution in [0.2, 0.25) is 0 Å². The molecule has 0 spiro atoms. The molecule has 2 aromatic carbocycles. The van der Waals surface area contributed by atoms with E-state index in [9.17, 15) is 9.59 Å². The fraction of sp³-hybridized carbons (Fsp3) is 0.300. The molecular weight excluding hydrogens is 314 g/mol. The summed E-state index contributed by atoms with van der Waals surface area (Å²) in [7, 11) is 0. The van der Waals surface area contributed by atoms with E-state index in [2.05, 4.69) is 5.32 Å². The Morgan fingerprint density at radius 1 is 1.08 bits per heavy atom. The second kappa shape index (κ2) is 7.94. The first-order chi connectivity index (χ1) is 12.1. The van der Waals surface area contributed by atoms with Gasteiger partial charge in [-0.25, -0.2) is 0 Å². The predicted octanol–water partition coefficient (Wildman–Crippen LogP) is 2.13. The number of nitrogens with one attached hydrogen (secondary N) is 1. The quantitative estimate of drug-likeness (QED) is 0.813. The molecule has 5 nitrogen and oxygen atoms in total. The van der Waals surface area contributed by atoms with E-state index < -0.39 is 11.9 Å². The van der Waals surface area contributed by atoms with Gasteiger partial charge in [0.25, 0.3) is 0 Å². The molecule has 2 amide bonds. The van der Waals surface area contributed by atoms with Crippen molar-refractivity contribution in [1.82, 2.24) is 10.2 Å². The topological polar surface area (TPSA) is 75.4 Å². The Kier molecular flexibility index (Phi) is 5.46. The number of carbonyl (C=O) groups excluding carboxylic acids is 2. The van der Waals surface area contributed by atoms with Crippen molar-refractivity contribution in [2.75, 3.05) is 6.54 Å². The Bertz CT molecular complexity index is 746. The van der Waals surface area contributed by atoms with Crippen LogP contribution in [0, 0.1) is 0 Å². The molecule has 130 valence electrons. The van der Waals surface area contributed by atoms with Gasteiger partial charge in [0.15, 0.2) is 0 Å². The summed E-state index contributed by atoms with van der Waals surface area (Å²) < 4.78 is 0.